The molecule has 1 unspecified atom stereocenters. The van der Waals surface area contributed by atoms with Crippen LogP contribution in [0.2, 0.25) is 0 Å². The molecule has 0 bridgehead atoms. The number of rotatable bonds is 8. The number of nitriles is 1. The molecular weight excluding hydrogens is 332 g/mol. The normalized spacial score (nSPS) is 12.9. The fraction of sp³-hybridized carbons (Fsp3) is 0.312. The number of amides is 1. The lowest BCUT2D eigenvalue weighted by Crippen LogP contribution is -2.42. The summed E-state index contributed by atoms with van der Waals surface area (Å²) in [6.07, 6.45) is 1.07. The number of nitrogens with zero attached hydrogens (tertiary/aromatic N) is 1. The van der Waals surface area contributed by atoms with Gasteiger partial charge in [-0.15, -0.1) is 0 Å². The SMILES string of the molecule is CCS(=O)(=O)CCC(NC(=O)/C(C#N)=C/c1ccccc1)C(=O)O. The molecule has 0 aliphatic heterocycles. The van der Waals surface area contributed by atoms with Crippen molar-refractivity contribution in [1.29, 1.82) is 5.26 Å². The summed E-state index contributed by atoms with van der Waals surface area (Å²) in [4.78, 5) is 23.3. The second-order valence-corrected chi connectivity index (χ2v) is 7.44. The van der Waals surface area contributed by atoms with Crippen LogP contribution in [0.5, 0.6) is 0 Å². The van der Waals surface area contributed by atoms with Crippen LogP contribution >= 0.6 is 0 Å². The predicted octanol–water partition coefficient (Wildman–Crippen LogP) is 0.988. The molecule has 128 valence electrons. The lowest BCUT2D eigenvalue weighted by Gasteiger charge is -2.14. The minimum Gasteiger partial charge on any atom is -0.480 e. The molecule has 0 aromatic heterocycles. The topological polar surface area (TPSA) is 124 Å². The van der Waals surface area contributed by atoms with E-state index in [0.717, 1.165) is 0 Å². The van der Waals surface area contributed by atoms with Crippen molar-refractivity contribution in [3.8, 4) is 6.07 Å². The highest BCUT2D eigenvalue weighted by Crippen LogP contribution is 2.07. The summed E-state index contributed by atoms with van der Waals surface area (Å²) in [5, 5.41) is 20.4. The first-order chi connectivity index (χ1) is 11.3. The maximum Gasteiger partial charge on any atom is 0.326 e. The molecule has 0 saturated carbocycles. The Kier molecular flexibility index (Phi) is 7.14. The molecule has 1 amide bonds. The van der Waals surface area contributed by atoms with Crippen LogP contribution in [0.15, 0.2) is 35.9 Å². The zero-order valence-electron chi connectivity index (χ0n) is 13.1. The fourth-order valence-corrected chi connectivity index (χ4v) is 2.68. The first-order valence-electron chi connectivity index (χ1n) is 7.20. The zero-order valence-corrected chi connectivity index (χ0v) is 13.9. The lowest BCUT2D eigenvalue weighted by molar-refractivity contribution is -0.141. The van der Waals surface area contributed by atoms with Gasteiger partial charge >= 0.3 is 5.97 Å². The Hall–Kier alpha value is -2.66. The summed E-state index contributed by atoms with van der Waals surface area (Å²) < 4.78 is 22.9. The van der Waals surface area contributed by atoms with E-state index in [2.05, 4.69) is 5.32 Å². The summed E-state index contributed by atoms with van der Waals surface area (Å²) in [5.74, 6) is -2.68. The van der Waals surface area contributed by atoms with Crippen LogP contribution in [0.1, 0.15) is 18.9 Å². The molecule has 1 aromatic carbocycles. The largest absolute Gasteiger partial charge is 0.480 e. The van der Waals surface area contributed by atoms with Crippen molar-refractivity contribution in [1.82, 2.24) is 5.32 Å². The van der Waals surface area contributed by atoms with Crippen molar-refractivity contribution in [3.05, 3.63) is 41.5 Å². The number of aliphatic carboxylic acids is 1. The molecule has 24 heavy (non-hydrogen) atoms. The number of carbonyl (C=O) groups excluding carboxylic acids is 1. The molecule has 0 fully saturated rings. The van der Waals surface area contributed by atoms with Gasteiger partial charge in [0.25, 0.3) is 5.91 Å². The zero-order chi connectivity index (χ0) is 18.2. The Labute approximate surface area is 140 Å². The quantitative estimate of drug-likeness (QED) is 0.532. The van der Waals surface area contributed by atoms with Gasteiger partial charge < -0.3 is 10.4 Å². The summed E-state index contributed by atoms with van der Waals surface area (Å²) in [6.45, 7) is 1.46. The molecule has 7 nitrogen and oxygen atoms in total. The third-order valence-electron chi connectivity index (χ3n) is 3.24. The second kappa shape index (κ2) is 8.84. The fourth-order valence-electron chi connectivity index (χ4n) is 1.80. The molecule has 0 aliphatic rings. The van der Waals surface area contributed by atoms with Crippen LogP contribution in [-0.2, 0) is 19.4 Å². The van der Waals surface area contributed by atoms with E-state index in [1.54, 1.807) is 36.4 Å². The molecule has 0 radical (unpaired) electrons. The van der Waals surface area contributed by atoms with Gasteiger partial charge in [-0.05, 0) is 18.1 Å². The molecular formula is C16H18N2O5S. The highest BCUT2D eigenvalue weighted by molar-refractivity contribution is 7.91. The number of nitrogens with one attached hydrogen (secondary N) is 1. The molecule has 8 heteroatoms. The molecule has 0 heterocycles. The van der Waals surface area contributed by atoms with Crippen LogP contribution in [0.3, 0.4) is 0 Å². The van der Waals surface area contributed by atoms with Gasteiger partial charge in [-0.3, -0.25) is 4.79 Å². The summed E-state index contributed by atoms with van der Waals surface area (Å²) >= 11 is 0. The maximum absolute atomic E-state index is 12.1. The van der Waals surface area contributed by atoms with Crippen LogP contribution in [0.25, 0.3) is 6.08 Å². The first-order valence-corrected chi connectivity index (χ1v) is 9.02. The molecule has 1 aromatic rings. The van der Waals surface area contributed by atoms with Gasteiger partial charge in [-0.25, -0.2) is 13.2 Å². The molecule has 0 saturated heterocycles. The van der Waals surface area contributed by atoms with E-state index in [4.69, 9.17) is 10.4 Å². The second-order valence-electron chi connectivity index (χ2n) is 4.97. The molecule has 1 rings (SSSR count). The molecule has 1 atom stereocenters. The average Bonchev–Trinajstić information content (AvgIpc) is 2.56. The van der Waals surface area contributed by atoms with E-state index in [0.29, 0.717) is 5.56 Å². The van der Waals surface area contributed by atoms with Crippen molar-refractivity contribution in [2.75, 3.05) is 11.5 Å². The van der Waals surface area contributed by atoms with Crippen molar-refractivity contribution in [2.24, 2.45) is 0 Å². The predicted molar refractivity (Wildman–Crippen MR) is 88.5 cm³/mol. The van der Waals surface area contributed by atoms with E-state index >= 15 is 0 Å². The number of benzene rings is 1. The van der Waals surface area contributed by atoms with Gasteiger partial charge in [-0.1, -0.05) is 37.3 Å². The van der Waals surface area contributed by atoms with Crippen LogP contribution in [0, 0.1) is 11.3 Å². The van der Waals surface area contributed by atoms with E-state index in [-0.39, 0.29) is 23.5 Å². The van der Waals surface area contributed by atoms with Gasteiger partial charge in [0.2, 0.25) is 0 Å². The van der Waals surface area contributed by atoms with Crippen molar-refractivity contribution < 1.29 is 23.1 Å². The van der Waals surface area contributed by atoms with Gasteiger partial charge in [0.1, 0.15) is 27.5 Å². The maximum atomic E-state index is 12.1. The Balaban J connectivity index is 2.86. The average molecular weight is 350 g/mol. The van der Waals surface area contributed by atoms with Gasteiger partial charge in [-0.2, -0.15) is 5.26 Å². The Bertz CT molecular complexity index is 763. The van der Waals surface area contributed by atoms with Crippen LogP contribution in [0.4, 0.5) is 0 Å². The summed E-state index contributed by atoms with van der Waals surface area (Å²) in [7, 11) is -3.35. The number of carbonyl (C=O) groups is 2. The number of hydrogen-bond acceptors (Lipinski definition) is 5. The van der Waals surface area contributed by atoms with Crippen molar-refractivity contribution in [2.45, 2.75) is 19.4 Å². The lowest BCUT2D eigenvalue weighted by atomic mass is 10.1. The number of carboxylic acid groups (broad SMARTS) is 1. The number of sulfone groups is 1. The van der Waals surface area contributed by atoms with Crippen LogP contribution in [-0.4, -0.2) is 42.9 Å². The van der Waals surface area contributed by atoms with Crippen molar-refractivity contribution >= 4 is 27.8 Å². The standard InChI is InChI=1S/C16H18N2O5S/c1-2-24(22,23)9-8-14(16(20)21)18-15(19)13(11-17)10-12-6-4-3-5-7-12/h3-7,10,14H,2,8-9H2,1H3,(H,18,19)(H,20,21)/b13-10+. The summed E-state index contributed by atoms with van der Waals surface area (Å²) in [6, 6.07) is 8.95. The Morgan fingerprint density at radius 1 is 1.33 bits per heavy atom. The van der Waals surface area contributed by atoms with Crippen molar-refractivity contribution in [3.63, 3.8) is 0 Å². The molecule has 2 N–H and O–H groups in total. The number of hydrogen-bond donors (Lipinski definition) is 2. The van der Waals surface area contributed by atoms with E-state index in [1.165, 1.54) is 13.0 Å². The highest BCUT2D eigenvalue weighted by atomic mass is 32.2. The first kappa shape index (κ1) is 19.4. The van der Waals surface area contributed by atoms with E-state index < -0.39 is 27.8 Å². The third-order valence-corrected chi connectivity index (χ3v) is 4.97. The Morgan fingerprint density at radius 3 is 2.46 bits per heavy atom. The molecule has 0 spiro atoms. The van der Waals surface area contributed by atoms with Gasteiger partial charge in [0.15, 0.2) is 0 Å². The third kappa shape index (κ3) is 6.22. The highest BCUT2D eigenvalue weighted by Gasteiger charge is 2.23. The van der Waals surface area contributed by atoms with E-state index in [9.17, 15) is 18.0 Å². The smallest absolute Gasteiger partial charge is 0.326 e. The minimum absolute atomic E-state index is 0.107. The minimum atomic E-state index is -3.35. The van der Waals surface area contributed by atoms with E-state index in [1.807, 2.05) is 0 Å². The number of carboxylic acids is 1. The summed E-state index contributed by atoms with van der Waals surface area (Å²) in [5.41, 5.74) is 0.357. The monoisotopic (exact) mass is 350 g/mol. The Morgan fingerprint density at radius 2 is 1.96 bits per heavy atom. The van der Waals surface area contributed by atoms with Gasteiger partial charge in [0, 0.05) is 5.75 Å². The van der Waals surface area contributed by atoms with Gasteiger partial charge in [0.05, 0.1) is 5.75 Å². The molecule has 0 aliphatic carbocycles. The van der Waals surface area contributed by atoms with Crippen LogP contribution < -0.4 is 5.32 Å².